The van der Waals surface area contributed by atoms with Gasteiger partial charge in [0.15, 0.2) is 5.78 Å². The van der Waals surface area contributed by atoms with Gasteiger partial charge in [-0.05, 0) is 31.2 Å². The van der Waals surface area contributed by atoms with Gasteiger partial charge in [0.2, 0.25) is 0 Å². The molecule has 0 saturated carbocycles. The van der Waals surface area contributed by atoms with Crippen molar-refractivity contribution >= 4 is 5.78 Å². The Balaban J connectivity index is 2.53. The molecule has 0 saturated heterocycles. The van der Waals surface area contributed by atoms with Crippen LogP contribution in [0, 0.1) is 11.6 Å². The summed E-state index contributed by atoms with van der Waals surface area (Å²) < 4.78 is 27.5. The van der Waals surface area contributed by atoms with Crippen LogP contribution in [-0.4, -0.2) is 10.4 Å². The van der Waals surface area contributed by atoms with Gasteiger partial charge >= 0.3 is 0 Å². The molecular formula is C14H11F2NO2. The molecule has 2 aromatic rings. The second kappa shape index (κ2) is 5.14. The van der Waals surface area contributed by atoms with Gasteiger partial charge in [-0.2, -0.15) is 0 Å². The van der Waals surface area contributed by atoms with Gasteiger partial charge in [-0.3, -0.25) is 9.59 Å². The summed E-state index contributed by atoms with van der Waals surface area (Å²) in [5.74, 6) is -2.39. The third-order valence-electron chi connectivity index (χ3n) is 2.73. The summed E-state index contributed by atoms with van der Waals surface area (Å²) in [6, 6.07) is 5.39. The van der Waals surface area contributed by atoms with Crippen LogP contribution in [0.1, 0.15) is 22.8 Å². The lowest BCUT2D eigenvalue weighted by Crippen LogP contribution is -2.25. The van der Waals surface area contributed by atoms with E-state index >= 15 is 0 Å². The number of ketones is 1. The van der Waals surface area contributed by atoms with Gasteiger partial charge in [0, 0.05) is 24.4 Å². The van der Waals surface area contributed by atoms with Crippen molar-refractivity contribution in [3.05, 3.63) is 69.6 Å². The fourth-order valence-corrected chi connectivity index (χ4v) is 1.80. The third-order valence-corrected chi connectivity index (χ3v) is 2.73. The first-order chi connectivity index (χ1) is 9.02. The van der Waals surface area contributed by atoms with Crippen molar-refractivity contribution in [2.24, 2.45) is 0 Å². The SMILES string of the molecule is CCn1cccc(C(=O)c2cc(F)cc(F)c2)c1=O. The molecule has 3 nitrogen and oxygen atoms in total. The van der Waals surface area contributed by atoms with E-state index in [0.29, 0.717) is 12.6 Å². The Morgan fingerprint density at radius 2 is 1.84 bits per heavy atom. The van der Waals surface area contributed by atoms with E-state index in [2.05, 4.69) is 0 Å². The molecule has 98 valence electrons. The number of hydrogen-bond acceptors (Lipinski definition) is 2. The van der Waals surface area contributed by atoms with Crippen LogP contribution in [0.2, 0.25) is 0 Å². The zero-order valence-corrected chi connectivity index (χ0v) is 10.2. The van der Waals surface area contributed by atoms with Crippen LogP contribution in [0.3, 0.4) is 0 Å². The van der Waals surface area contributed by atoms with Crippen molar-refractivity contribution in [3.8, 4) is 0 Å². The van der Waals surface area contributed by atoms with Crippen LogP contribution < -0.4 is 5.56 Å². The summed E-state index contributed by atoms with van der Waals surface area (Å²) in [6.07, 6.45) is 1.55. The zero-order valence-electron chi connectivity index (χ0n) is 10.2. The minimum atomic E-state index is -0.852. The monoisotopic (exact) mass is 263 g/mol. The summed E-state index contributed by atoms with van der Waals surface area (Å²) in [7, 11) is 0. The molecule has 1 heterocycles. The highest BCUT2D eigenvalue weighted by Crippen LogP contribution is 2.11. The highest BCUT2D eigenvalue weighted by Gasteiger charge is 2.15. The predicted octanol–water partition coefficient (Wildman–Crippen LogP) is 2.38. The smallest absolute Gasteiger partial charge is 0.261 e. The first-order valence-corrected chi connectivity index (χ1v) is 5.73. The first-order valence-electron chi connectivity index (χ1n) is 5.73. The molecule has 0 aliphatic carbocycles. The average Bonchev–Trinajstić information content (AvgIpc) is 2.37. The fraction of sp³-hybridized carbons (Fsp3) is 0.143. The van der Waals surface area contributed by atoms with Gasteiger partial charge in [-0.15, -0.1) is 0 Å². The van der Waals surface area contributed by atoms with Gasteiger partial charge < -0.3 is 4.57 Å². The molecule has 0 radical (unpaired) electrons. The maximum absolute atomic E-state index is 13.1. The molecule has 5 heteroatoms. The minimum absolute atomic E-state index is 0.102. The average molecular weight is 263 g/mol. The number of carbonyl (C=O) groups excluding carboxylic acids is 1. The summed E-state index contributed by atoms with van der Waals surface area (Å²) in [4.78, 5) is 24.0. The zero-order chi connectivity index (χ0) is 14.0. The van der Waals surface area contributed by atoms with Gasteiger partial charge in [0.1, 0.15) is 11.6 Å². The Morgan fingerprint density at radius 3 is 2.42 bits per heavy atom. The Kier molecular flexibility index (Phi) is 3.55. The largest absolute Gasteiger partial charge is 0.315 e. The van der Waals surface area contributed by atoms with E-state index in [1.165, 1.54) is 10.6 Å². The van der Waals surface area contributed by atoms with Crippen molar-refractivity contribution in [2.45, 2.75) is 13.5 Å². The fourth-order valence-electron chi connectivity index (χ4n) is 1.80. The summed E-state index contributed by atoms with van der Waals surface area (Å²) in [5.41, 5.74) is -0.752. The highest BCUT2D eigenvalue weighted by molar-refractivity contribution is 6.08. The number of rotatable bonds is 3. The van der Waals surface area contributed by atoms with Crippen LogP contribution in [0.25, 0.3) is 0 Å². The molecule has 19 heavy (non-hydrogen) atoms. The van der Waals surface area contributed by atoms with Crippen LogP contribution in [0.4, 0.5) is 8.78 Å². The van der Waals surface area contributed by atoms with E-state index in [9.17, 15) is 18.4 Å². The van der Waals surface area contributed by atoms with E-state index in [1.807, 2.05) is 0 Å². The summed E-state index contributed by atoms with van der Waals surface area (Å²) in [5, 5.41) is 0. The third kappa shape index (κ3) is 2.59. The maximum Gasteiger partial charge on any atom is 0.261 e. The number of pyridine rings is 1. The number of aryl methyl sites for hydroxylation is 1. The molecule has 1 aromatic carbocycles. The molecule has 1 aromatic heterocycles. The Bertz CT molecular complexity index is 672. The predicted molar refractivity (Wildman–Crippen MR) is 66.2 cm³/mol. The number of hydrogen-bond donors (Lipinski definition) is 0. The van der Waals surface area contributed by atoms with E-state index in [-0.39, 0.29) is 11.1 Å². The van der Waals surface area contributed by atoms with E-state index in [0.717, 1.165) is 12.1 Å². The van der Waals surface area contributed by atoms with Gasteiger partial charge in [0.05, 0.1) is 5.56 Å². The highest BCUT2D eigenvalue weighted by atomic mass is 19.1. The van der Waals surface area contributed by atoms with Crippen LogP contribution >= 0.6 is 0 Å². The normalized spacial score (nSPS) is 10.5. The summed E-state index contributed by atoms with van der Waals surface area (Å²) >= 11 is 0. The van der Waals surface area contributed by atoms with Crippen molar-refractivity contribution in [1.82, 2.24) is 4.57 Å². The molecule has 0 aliphatic heterocycles. The first kappa shape index (κ1) is 13.1. The molecule has 0 unspecified atom stereocenters. The number of benzene rings is 1. The molecule has 0 amide bonds. The lowest BCUT2D eigenvalue weighted by Gasteiger charge is -2.05. The standard InChI is InChI=1S/C14H11F2NO2/c1-2-17-5-3-4-12(14(17)19)13(18)9-6-10(15)8-11(16)7-9/h3-8H,2H2,1H3. The number of carbonyl (C=O) groups is 1. The second-order valence-electron chi connectivity index (χ2n) is 4.00. The van der Waals surface area contributed by atoms with Gasteiger partial charge in [0.25, 0.3) is 5.56 Å². The lowest BCUT2D eigenvalue weighted by atomic mass is 10.0. The van der Waals surface area contributed by atoms with Crippen molar-refractivity contribution in [3.63, 3.8) is 0 Å². The van der Waals surface area contributed by atoms with E-state index < -0.39 is 23.0 Å². The van der Waals surface area contributed by atoms with Crippen LogP contribution in [0.15, 0.2) is 41.3 Å². The van der Waals surface area contributed by atoms with Crippen molar-refractivity contribution in [1.29, 1.82) is 0 Å². The van der Waals surface area contributed by atoms with Gasteiger partial charge in [-0.25, -0.2) is 8.78 Å². The lowest BCUT2D eigenvalue weighted by molar-refractivity contribution is 0.103. The topological polar surface area (TPSA) is 39.1 Å². The molecule has 0 aliphatic rings. The van der Waals surface area contributed by atoms with E-state index in [4.69, 9.17) is 0 Å². The maximum atomic E-state index is 13.1. The van der Waals surface area contributed by atoms with Crippen LogP contribution in [0.5, 0.6) is 0 Å². The van der Waals surface area contributed by atoms with Crippen molar-refractivity contribution in [2.75, 3.05) is 0 Å². The van der Waals surface area contributed by atoms with Crippen LogP contribution in [-0.2, 0) is 6.54 Å². The Morgan fingerprint density at radius 1 is 1.21 bits per heavy atom. The molecule has 0 bridgehead atoms. The minimum Gasteiger partial charge on any atom is -0.315 e. The number of nitrogens with zero attached hydrogens (tertiary/aromatic N) is 1. The summed E-state index contributed by atoms with van der Waals surface area (Å²) in [6.45, 7) is 2.18. The molecule has 0 atom stereocenters. The molecular weight excluding hydrogens is 252 g/mol. The van der Waals surface area contributed by atoms with Gasteiger partial charge in [-0.1, -0.05) is 0 Å². The number of halogens is 2. The molecule has 0 fully saturated rings. The Hall–Kier alpha value is -2.30. The van der Waals surface area contributed by atoms with E-state index in [1.54, 1.807) is 19.2 Å². The Labute approximate surface area is 108 Å². The number of aromatic nitrogens is 1. The molecule has 0 spiro atoms. The quantitative estimate of drug-likeness (QED) is 0.797. The second-order valence-corrected chi connectivity index (χ2v) is 4.00. The van der Waals surface area contributed by atoms with Crippen molar-refractivity contribution < 1.29 is 13.6 Å². The molecule has 0 N–H and O–H groups in total. The molecule has 2 rings (SSSR count).